The van der Waals surface area contributed by atoms with Crippen LogP contribution in [0.25, 0.3) is 11.3 Å². The second kappa shape index (κ2) is 10.3. The third kappa shape index (κ3) is 5.17. The fraction of sp³-hybridized carbons (Fsp3) is 0.185. The first kappa shape index (κ1) is 23.8. The Labute approximate surface area is 210 Å². The number of ether oxygens (including phenoxy) is 2. The molecule has 0 radical (unpaired) electrons. The molecule has 1 saturated heterocycles. The molecular formula is C27H26N4O4S. The monoisotopic (exact) mass is 502 g/mol. The molecule has 4 aromatic rings. The molecule has 0 N–H and O–H groups in total. The number of para-hydroxylation sites is 1. The molecule has 2 heterocycles. The highest BCUT2D eigenvalue weighted by atomic mass is 32.2. The van der Waals surface area contributed by atoms with Crippen LogP contribution in [0.1, 0.15) is 0 Å². The van der Waals surface area contributed by atoms with E-state index in [4.69, 9.17) is 14.5 Å². The van der Waals surface area contributed by atoms with Crippen LogP contribution in [0, 0.1) is 0 Å². The van der Waals surface area contributed by atoms with Gasteiger partial charge >= 0.3 is 0 Å². The maximum Gasteiger partial charge on any atom is 0.243 e. The highest BCUT2D eigenvalue weighted by molar-refractivity contribution is 7.89. The van der Waals surface area contributed by atoms with Gasteiger partial charge in [-0.3, -0.25) is 0 Å². The fourth-order valence-corrected chi connectivity index (χ4v) is 5.43. The minimum Gasteiger partial charge on any atom is -0.497 e. The number of aromatic nitrogens is 2. The Morgan fingerprint density at radius 3 is 2.06 bits per heavy atom. The highest BCUT2D eigenvalue weighted by Gasteiger charge is 2.29. The van der Waals surface area contributed by atoms with Gasteiger partial charge in [0, 0.05) is 37.9 Å². The lowest BCUT2D eigenvalue weighted by Crippen LogP contribution is -2.49. The molecule has 3 aromatic carbocycles. The topological polar surface area (TPSA) is 84.9 Å². The van der Waals surface area contributed by atoms with E-state index in [1.807, 2.05) is 65.6 Å². The lowest BCUT2D eigenvalue weighted by atomic mass is 10.1. The Hall–Kier alpha value is -3.95. The van der Waals surface area contributed by atoms with Gasteiger partial charge in [-0.1, -0.05) is 18.2 Å². The number of sulfonamides is 1. The van der Waals surface area contributed by atoms with E-state index in [1.54, 1.807) is 37.6 Å². The molecule has 5 rings (SSSR count). The maximum atomic E-state index is 13.0. The lowest BCUT2D eigenvalue weighted by Gasteiger charge is -2.34. The average Bonchev–Trinajstić information content (AvgIpc) is 2.94. The van der Waals surface area contributed by atoms with Crippen molar-refractivity contribution in [3.8, 4) is 28.5 Å². The van der Waals surface area contributed by atoms with E-state index in [1.165, 1.54) is 4.31 Å². The van der Waals surface area contributed by atoms with Crippen LogP contribution in [0.3, 0.4) is 0 Å². The lowest BCUT2D eigenvalue weighted by molar-refractivity contribution is 0.382. The molecule has 0 amide bonds. The third-order valence-corrected chi connectivity index (χ3v) is 7.90. The summed E-state index contributed by atoms with van der Waals surface area (Å²) in [6, 6.07) is 25.7. The van der Waals surface area contributed by atoms with Gasteiger partial charge in [-0.05, 0) is 66.7 Å². The smallest absolute Gasteiger partial charge is 0.243 e. The Morgan fingerprint density at radius 2 is 1.39 bits per heavy atom. The van der Waals surface area contributed by atoms with Crippen LogP contribution >= 0.6 is 0 Å². The summed E-state index contributed by atoms with van der Waals surface area (Å²) in [7, 11) is -2.02. The maximum absolute atomic E-state index is 13.0. The van der Waals surface area contributed by atoms with E-state index in [-0.39, 0.29) is 4.90 Å². The van der Waals surface area contributed by atoms with Crippen LogP contribution < -0.4 is 14.4 Å². The molecule has 1 aliphatic rings. The molecule has 0 spiro atoms. The van der Waals surface area contributed by atoms with Gasteiger partial charge in [0.15, 0.2) is 0 Å². The number of piperazine rings is 1. The molecule has 1 aliphatic heterocycles. The first-order valence-electron chi connectivity index (χ1n) is 11.6. The van der Waals surface area contributed by atoms with Crippen LogP contribution in [-0.4, -0.2) is 56.0 Å². The largest absolute Gasteiger partial charge is 0.497 e. The van der Waals surface area contributed by atoms with Gasteiger partial charge in [-0.2, -0.15) is 4.31 Å². The fourth-order valence-electron chi connectivity index (χ4n) is 4.01. The Kier molecular flexibility index (Phi) is 6.84. The van der Waals surface area contributed by atoms with E-state index < -0.39 is 10.0 Å². The molecule has 0 bridgehead atoms. The van der Waals surface area contributed by atoms with Crippen molar-refractivity contribution < 1.29 is 17.9 Å². The number of hydrogen-bond donors (Lipinski definition) is 0. The standard InChI is InChI=1S/C27H26N4O4S/c1-34-22-11-13-25(14-12-22)36(32,33)31-19-17-30(18-20-31)27-28-16-15-26(29-27)21-7-9-24(10-8-21)35-23-5-3-2-4-6-23/h2-16H,17-20H2,1H3. The van der Waals surface area contributed by atoms with Crippen LogP contribution in [0.5, 0.6) is 17.2 Å². The van der Waals surface area contributed by atoms with Crippen LogP contribution in [0.2, 0.25) is 0 Å². The molecule has 1 aromatic heterocycles. The molecule has 0 saturated carbocycles. The normalized spacial score (nSPS) is 14.4. The summed E-state index contributed by atoms with van der Waals surface area (Å²) >= 11 is 0. The van der Waals surface area contributed by atoms with Crippen molar-refractivity contribution in [2.75, 3.05) is 38.2 Å². The van der Waals surface area contributed by atoms with Crippen LogP contribution in [-0.2, 0) is 10.0 Å². The van der Waals surface area contributed by atoms with Crippen molar-refractivity contribution in [2.24, 2.45) is 0 Å². The van der Waals surface area contributed by atoms with Gasteiger partial charge in [-0.25, -0.2) is 18.4 Å². The molecule has 9 heteroatoms. The summed E-state index contributed by atoms with van der Waals surface area (Å²) < 4.78 is 38.6. The first-order chi connectivity index (χ1) is 17.5. The summed E-state index contributed by atoms with van der Waals surface area (Å²) in [5.41, 5.74) is 1.74. The molecule has 0 aliphatic carbocycles. The van der Waals surface area contributed by atoms with Crippen molar-refractivity contribution >= 4 is 16.0 Å². The van der Waals surface area contributed by atoms with Crippen LogP contribution in [0.4, 0.5) is 5.95 Å². The zero-order valence-electron chi connectivity index (χ0n) is 19.8. The molecule has 0 unspecified atom stereocenters. The zero-order valence-corrected chi connectivity index (χ0v) is 20.6. The van der Waals surface area contributed by atoms with Crippen molar-refractivity contribution in [1.29, 1.82) is 0 Å². The van der Waals surface area contributed by atoms with Gasteiger partial charge in [-0.15, -0.1) is 0 Å². The molecule has 8 nitrogen and oxygen atoms in total. The number of rotatable bonds is 7. The number of methoxy groups -OCH3 is 1. The van der Waals surface area contributed by atoms with Crippen molar-refractivity contribution in [2.45, 2.75) is 4.90 Å². The van der Waals surface area contributed by atoms with E-state index in [0.717, 1.165) is 22.8 Å². The number of nitrogens with zero attached hydrogens (tertiary/aromatic N) is 4. The quantitative estimate of drug-likeness (QED) is 0.369. The molecule has 0 atom stereocenters. The summed E-state index contributed by atoms with van der Waals surface area (Å²) in [6.45, 7) is 1.71. The van der Waals surface area contributed by atoms with E-state index >= 15 is 0 Å². The average molecular weight is 503 g/mol. The van der Waals surface area contributed by atoms with Gasteiger partial charge in [0.05, 0.1) is 17.7 Å². The Morgan fingerprint density at radius 1 is 0.750 bits per heavy atom. The predicted molar refractivity (Wildman–Crippen MR) is 138 cm³/mol. The van der Waals surface area contributed by atoms with Gasteiger partial charge < -0.3 is 14.4 Å². The Balaban J connectivity index is 1.24. The third-order valence-electron chi connectivity index (χ3n) is 5.99. The second-order valence-electron chi connectivity index (χ2n) is 8.25. The van der Waals surface area contributed by atoms with E-state index in [9.17, 15) is 8.42 Å². The highest BCUT2D eigenvalue weighted by Crippen LogP contribution is 2.26. The molecule has 36 heavy (non-hydrogen) atoms. The molecular weight excluding hydrogens is 476 g/mol. The van der Waals surface area contributed by atoms with Crippen molar-refractivity contribution in [3.05, 3.63) is 91.1 Å². The number of benzene rings is 3. The summed E-state index contributed by atoms with van der Waals surface area (Å²) in [5.74, 6) is 2.73. The van der Waals surface area contributed by atoms with Crippen molar-refractivity contribution in [3.63, 3.8) is 0 Å². The summed E-state index contributed by atoms with van der Waals surface area (Å²) in [4.78, 5) is 11.4. The Bertz CT molecular complexity index is 1400. The minimum absolute atomic E-state index is 0.259. The van der Waals surface area contributed by atoms with Gasteiger partial charge in [0.2, 0.25) is 16.0 Å². The summed E-state index contributed by atoms with van der Waals surface area (Å²) in [5, 5.41) is 0. The minimum atomic E-state index is -3.57. The molecule has 184 valence electrons. The predicted octanol–water partition coefficient (Wildman–Crippen LogP) is 4.46. The molecule has 1 fully saturated rings. The second-order valence-corrected chi connectivity index (χ2v) is 10.2. The van der Waals surface area contributed by atoms with Gasteiger partial charge in [0.25, 0.3) is 0 Å². The van der Waals surface area contributed by atoms with Gasteiger partial charge in [0.1, 0.15) is 17.2 Å². The number of hydrogen-bond acceptors (Lipinski definition) is 7. The van der Waals surface area contributed by atoms with E-state index in [2.05, 4.69) is 4.98 Å². The van der Waals surface area contributed by atoms with Crippen molar-refractivity contribution in [1.82, 2.24) is 14.3 Å². The summed E-state index contributed by atoms with van der Waals surface area (Å²) in [6.07, 6.45) is 1.73. The van der Waals surface area contributed by atoms with Crippen LogP contribution in [0.15, 0.2) is 96.0 Å². The zero-order chi connectivity index (χ0) is 25.0. The van der Waals surface area contributed by atoms with E-state index in [0.29, 0.717) is 37.9 Å². The number of anilines is 1. The SMILES string of the molecule is COc1ccc(S(=O)(=O)N2CCN(c3nccc(-c4ccc(Oc5ccccc5)cc4)n3)CC2)cc1. The first-order valence-corrected chi connectivity index (χ1v) is 13.0.